The highest BCUT2D eigenvalue weighted by Crippen LogP contribution is 2.44. The van der Waals surface area contributed by atoms with E-state index in [9.17, 15) is 63.2 Å². The Hall–Kier alpha value is -6.03. The maximum atomic E-state index is 14.6. The minimum atomic E-state index is -1.83. The molecule has 0 saturated carbocycles. The van der Waals surface area contributed by atoms with Crippen molar-refractivity contribution in [3.8, 4) is 0 Å². The number of piperidine rings is 2. The van der Waals surface area contributed by atoms with Gasteiger partial charge in [-0.05, 0) is 151 Å². The summed E-state index contributed by atoms with van der Waals surface area (Å²) < 4.78 is 4.90. The lowest BCUT2D eigenvalue weighted by atomic mass is 9.69. The summed E-state index contributed by atoms with van der Waals surface area (Å²) in [5.41, 5.74) is -8.95. The normalized spacial score (nSPS) is 19.0. The quantitative estimate of drug-likeness (QED) is 0.0314. The average molecular weight is 1300 g/mol. The summed E-state index contributed by atoms with van der Waals surface area (Å²) in [7, 11) is 1.21. The number of hydroxylamine groups is 4. The first-order chi connectivity index (χ1) is 42.4. The third-order valence-corrected chi connectivity index (χ3v) is 17.1. The number of ether oxygens (including phenoxy) is 1. The standard InChI is InChI=1S/C65H117N13O14/c1-21-23-24-25-26-27-28-70-64(36-59(10,11)77(90)60(12,13)37-64)57(88)68-34-49(81)71-44(29-40(3)4)52(83)75-63(18,19)56(87)67-32-47(79)66-33-48(80)72-45(30-41(5)6)53(84)76-65(38-61(14,15)78(91)62(16,17)39-65)58(89)69-35-50(82)74-51(43(9)22-2)54(85)73-46(31-42(7)8)55(86)92-20/h40-46,51,70H,21-39H2,1-20H3,(H,66,79)(H,67,87)(H,68,88)(H,69,89)(H,71,81)(H,72,80)(H,73,85)(H,74,82)(H,75,83)(H,76,84)/q-1/t43-,44-,45-,46-,51-/m0/s1. The molecule has 2 saturated heterocycles. The van der Waals surface area contributed by atoms with E-state index in [2.05, 4.69) is 65.4 Å². The van der Waals surface area contributed by atoms with Crippen molar-refractivity contribution in [2.24, 2.45) is 23.7 Å². The smallest absolute Gasteiger partial charge is 0.328 e. The summed E-state index contributed by atoms with van der Waals surface area (Å²) in [6.07, 6.45) is 7.20. The van der Waals surface area contributed by atoms with Crippen molar-refractivity contribution in [3.63, 3.8) is 0 Å². The molecule has 2 rings (SSSR count). The van der Waals surface area contributed by atoms with Crippen LogP contribution in [0, 0.1) is 28.9 Å². The molecular weight excluding hydrogens is 1190 g/mol. The number of hydrogen-bond acceptors (Lipinski definition) is 16. The van der Waals surface area contributed by atoms with E-state index in [0.717, 1.165) is 48.7 Å². The number of methoxy groups -OCH3 is 1. The van der Waals surface area contributed by atoms with Crippen LogP contribution in [0.25, 0.3) is 0 Å². The Balaban J connectivity index is 2.18. The molecule has 27 heteroatoms. The van der Waals surface area contributed by atoms with Gasteiger partial charge in [0.05, 0.1) is 33.3 Å². The molecule has 2 heterocycles. The van der Waals surface area contributed by atoms with Gasteiger partial charge in [-0.25, -0.2) is 4.79 Å². The van der Waals surface area contributed by atoms with E-state index in [1.54, 1.807) is 76.2 Å². The van der Waals surface area contributed by atoms with Gasteiger partial charge in [-0.15, -0.1) is 10.3 Å². The van der Waals surface area contributed by atoms with Crippen LogP contribution in [-0.4, -0.2) is 178 Å². The average Bonchev–Trinajstić information content (AvgIpc) is 0.750. The Morgan fingerprint density at radius 1 is 0.511 bits per heavy atom. The highest BCUT2D eigenvalue weighted by molar-refractivity contribution is 5.99. The molecule has 0 aromatic heterocycles. The molecule has 2 fully saturated rings. The number of amides is 10. The minimum absolute atomic E-state index is 0.0181. The van der Waals surface area contributed by atoms with Crippen molar-refractivity contribution in [1.82, 2.24) is 68.6 Å². The molecule has 0 spiro atoms. The zero-order valence-corrected chi connectivity index (χ0v) is 59.2. The van der Waals surface area contributed by atoms with Crippen LogP contribution in [0.15, 0.2) is 0 Å². The Labute approximate surface area is 547 Å². The lowest BCUT2D eigenvalue weighted by Gasteiger charge is -2.63. The summed E-state index contributed by atoms with van der Waals surface area (Å²) in [5, 5.41) is 58.8. The topological polar surface area (TPSA) is 379 Å². The Kier molecular flexibility index (Phi) is 31.6. The largest absolute Gasteiger partial charge is 0.784 e. The van der Waals surface area contributed by atoms with Gasteiger partial charge >= 0.3 is 5.97 Å². The minimum Gasteiger partial charge on any atom is -0.784 e. The number of hydrogen-bond donors (Lipinski definition) is 11. The third kappa shape index (κ3) is 25.0. The lowest BCUT2D eigenvalue weighted by Crippen LogP contribution is -2.73. The molecule has 5 atom stereocenters. The zero-order valence-electron chi connectivity index (χ0n) is 59.2. The second-order valence-electron chi connectivity index (χ2n) is 30.0. The molecule has 11 N–H and O–H groups in total. The molecule has 0 unspecified atom stereocenters. The van der Waals surface area contributed by atoms with Crippen LogP contribution in [0.2, 0.25) is 0 Å². The molecule has 0 bridgehead atoms. The van der Waals surface area contributed by atoms with Crippen LogP contribution in [-0.2, 0) is 62.7 Å². The molecule has 27 nitrogen and oxygen atoms in total. The second-order valence-corrected chi connectivity index (χ2v) is 30.0. The number of carbonyl (C=O) groups is 11. The first kappa shape index (κ1) is 82.1. The molecule has 527 valence electrons. The fourth-order valence-electron chi connectivity index (χ4n) is 12.9. The summed E-state index contributed by atoms with van der Waals surface area (Å²) in [6.45, 7) is 31.3. The molecule has 10 amide bonds. The van der Waals surface area contributed by atoms with Gasteiger partial charge in [0, 0.05) is 22.2 Å². The molecule has 0 aliphatic carbocycles. The third-order valence-electron chi connectivity index (χ3n) is 17.1. The van der Waals surface area contributed by atoms with Crippen molar-refractivity contribution >= 4 is 65.0 Å². The van der Waals surface area contributed by atoms with Gasteiger partial charge in [0.25, 0.3) is 0 Å². The van der Waals surface area contributed by atoms with Crippen molar-refractivity contribution in [2.75, 3.05) is 39.8 Å². The SMILES string of the molecule is CCCCCCCCNC1(C(=O)NCC(=O)N[C@@H](CC(C)C)C(=O)NC(C)(C)C(=O)NCC(=O)NCC(=O)N[C@@H](CC(C)C)C(=O)NC2(C(=O)NCC(=O)N[C@H](C(=O)N[C@@H](CC(C)C)C(=O)OC)[C@@H](C)CC)CC(C)(C)N([O])C(C)(C)C2)CC(C)(C)N([O-])C(C)(C)C1. The summed E-state index contributed by atoms with van der Waals surface area (Å²) in [4.78, 5) is 151. The first-order valence-corrected chi connectivity index (χ1v) is 33.1. The van der Waals surface area contributed by atoms with E-state index in [4.69, 9.17) is 4.74 Å². The zero-order chi connectivity index (χ0) is 70.5. The second kappa shape index (κ2) is 35.5. The molecule has 2 aliphatic rings. The van der Waals surface area contributed by atoms with Gasteiger partial charge in [0.1, 0.15) is 40.8 Å². The number of rotatable bonds is 37. The van der Waals surface area contributed by atoms with Gasteiger partial charge in [-0.3, -0.25) is 47.9 Å². The molecule has 0 aromatic rings. The van der Waals surface area contributed by atoms with Gasteiger partial charge in [0.15, 0.2) is 0 Å². The van der Waals surface area contributed by atoms with Gasteiger partial charge in [-0.1, -0.05) is 101 Å². The highest BCUT2D eigenvalue weighted by Gasteiger charge is 2.58. The van der Waals surface area contributed by atoms with E-state index < -0.39 is 160 Å². The highest BCUT2D eigenvalue weighted by atomic mass is 16.5. The maximum absolute atomic E-state index is 14.6. The van der Waals surface area contributed by atoms with E-state index in [1.807, 2.05) is 34.6 Å². The number of esters is 1. The van der Waals surface area contributed by atoms with Crippen molar-refractivity contribution < 1.29 is 62.7 Å². The predicted molar refractivity (Wildman–Crippen MR) is 349 cm³/mol. The monoisotopic (exact) mass is 1300 g/mol. The van der Waals surface area contributed by atoms with Crippen LogP contribution >= 0.6 is 0 Å². The van der Waals surface area contributed by atoms with Crippen LogP contribution < -0.4 is 58.5 Å². The van der Waals surface area contributed by atoms with Gasteiger partial charge in [-0.2, -0.15) is 0 Å². The van der Waals surface area contributed by atoms with Crippen molar-refractivity contribution in [2.45, 2.75) is 284 Å². The molecule has 0 aromatic carbocycles. The van der Waals surface area contributed by atoms with Crippen molar-refractivity contribution in [3.05, 3.63) is 5.21 Å². The Morgan fingerprint density at radius 2 is 0.935 bits per heavy atom. The Morgan fingerprint density at radius 3 is 1.41 bits per heavy atom. The summed E-state index contributed by atoms with van der Waals surface area (Å²) in [6, 6.07) is -4.50. The number of nitrogens with zero attached hydrogens (tertiary/aromatic N) is 2. The van der Waals surface area contributed by atoms with Crippen LogP contribution in [0.1, 0.15) is 221 Å². The number of nitrogens with one attached hydrogen (secondary N) is 11. The lowest BCUT2D eigenvalue weighted by molar-refractivity contribution is -0.295. The van der Waals surface area contributed by atoms with E-state index in [1.165, 1.54) is 21.0 Å². The number of unbranched alkanes of at least 4 members (excludes halogenated alkanes) is 5. The van der Waals surface area contributed by atoms with Crippen LogP contribution in [0.3, 0.4) is 0 Å². The molecular formula is C65H117N13O14-. The van der Waals surface area contributed by atoms with Crippen LogP contribution in [0.5, 0.6) is 0 Å². The first-order valence-electron chi connectivity index (χ1n) is 33.1. The Bertz CT molecular complexity index is 2500. The molecule has 1 radical (unpaired) electrons. The maximum Gasteiger partial charge on any atom is 0.328 e. The summed E-state index contributed by atoms with van der Waals surface area (Å²) >= 11 is 0. The fourth-order valence-corrected chi connectivity index (χ4v) is 12.9. The molecule has 2 aliphatic heterocycles. The predicted octanol–water partition coefficient (Wildman–Crippen LogP) is 3.34. The summed E-state index contributed by atoms with van der Waals surface area (Å²) in [5.74, 6) is -8.51. The van der Waals surface area contributed by atoms with Crippen molar-refractivity contribution in [1.29, 1.82) is 0 Å². The van der Waals surface area contributed by atoms with E-state index in [-0.39, 0.29) is 62.7 Å². The van der Waals surface area contributed by atoms with Gasteiger partial charge in [0.2, 0.25) is 59.1 Å². The van der Waals surface area contributed by atoms with Crippen LogP contribution in [0.4, 0.5) is 0 Å². The van der Waals surface area contributed by atoms with Gasteiger partial charge < -0.3 is 73.5 Å². The number of carbonyl (C=O) groups excluding carboxylic acids is 11. The fraction of sp³-hybridized carbons (Fsp3) is 0.831. The van der Waals surface area contributed by atoms with E-state index in [0.29, 0.717) is 13.0 Å². The molecule has 92 heavy (non-hydrogen) atoms. The van der Waals surface area contributed by atoms with E-state index >= 15 is 0 Å².